The molecule has 13 heteroatoms. The Labute approximate surface area is 214 Å². The van der Waals surface area contributed by atoms with Gasteiger partial charge in [0.15, 0.2) is 5.82 Å². The standard InChI is InChI=1S/C24H31N11O2/c1-15-20(7-16(8-25-15)28-21(36)12-34-5-3-4-6-34)30-22-19-10-26-24(31-23(19)33(2)32-22)29-17-9-27-35(11-17)18-13-37-14-18/h7-11,18,22,30,32H,3-6,12-14H2,1-2H3,(H,28,36)(H,26,29,31). The molecule has 2 fully saturated rings. The molecule has 194 valence electrons. The Balaban J connectivity index is 1.13. The van der Waals surface area contributed by atoms with E-state index in [1.165, 1.54) is 0 Å². The molecule has 0 saturated carbocycles. The van der Waals surface area contributed by atoms with Crippen molar-refractivity contribution in [3.05, 3.63) is 42.1 Å². The molecule has 0 spiro atoms. The van der Waals surface area contributed by atoms with Gasteiger partial charge < -0.3 is 20.7 Å². The van der Waals surface area contributed by atoms with Crippen LogP contribution in [-0.4, -0.2) is 75.4 Å². The molecule has 3 aliphatic heterocycles. The lowest BCUT2D eigenvalue weighted by atomic mass is 10.2. The first-order valence-corrected chi connectivity index (χ1v) is 12.5. The molecule has 3 aromatic rings. The molecular formula is C24H31N11O2. The highest BCUT2D eigenvalue weighted by molar-refractivity contribution is 5.92. The van der Waals surface area contributed by atoms with Crippen molar-refractivity contribution in [2.24, 2.45) is 0 Å². The number of anilines is 5. The SMILES string of the molecule is Cc1ncc(NC(=O)CN2CCCC2)cc1NC1NN(C)c2nc(Nc3cnn(C4COC4)c3)ncc21. The maximum Gasteiger partial charge on any atom is 0.238 e. The zero-order valence-corrected chi connectivity index (χ0v) is 20.9. The maximum absolute atomic E-state index is 12.5. The van der Waals surface area contributed by atoms with Gasteiger partial charge in [-0.05, 0) is 38.9 Å². The van der Waals surface area contributed by atoms with E-state index in [-0.39, 0.29) is 18.1 Å². The third kappa shape index (κ3) is 5.05. The minimum absolute atomic E-state index is 0.0254. The van der Waals surface area contributed by atoms with E-state index in [1.807, 2.05) is 35.9 Å². The highest BCUT2D eigenvalue weighted by Gasteiger charge is 2.29. The van der Waals surface area contributed by atoms with Crippen molar-refractivity contribution >= 4 is 34.7 Å². The van der Waals surface area contributed by atoms with Crippen LogP contribution in [0.3, 0.4) is 0 Å². The summed E-state index contributed by atoms with van der Waals surface area (Å²) in [6, 6.07) is 2.19. The monoisotopic (exact) mass is 505 g/mol. The minimum atomic E-state index is -0.258. The summed E-state index contributed by atoms with van der Waals surface area (Å²) >= 11 is 0. The number of fused-ring (bicyclic) bond motifs is 1. The van der Waals surface area contributed by atoms with Crippen molar-refractivity contribution in [3.8, 4) is 0 Å². The summed E-state index contributed by atoms with van der Waals surface area (Å²) in [6.45, 7) is 5.66. The summed E-state index contributed by atoms with van der Waals surface area (Å²) in [4.78, 5) is 28.3. The maximum atomic E-state index is 12.5. The van der Waals surface area contributed by atoms with E-state index in [1.54, 1.807) is 18.6 Å². The molecule has 1 atom stereocenters. The number of nitrogens with zero attached hydrogens (tertiary/aromatic N) is 7. The van der Waals surface area contributed by atoms with Gasteiger partial charge in [0.05, 0.1) is 66.5 Å². The molecule has 3 aromatic heterocycles. The Morgan fingerprint density at radius 2 is 2.00 bits per heavy atom. The Bertz CT molecular complexity index is 1290. The van der Waals surface area contributed by atoms with Crippen LogP contribution in [0.2, 0.25) is 0 Å². The number of aryl methyl sites for hydroxylation is 1. The van der Waals surface area contributed by atoms with Crippen molar-refractivity contribution in [1.29, 1.82) is 0 Å². The first kappa shape index (κ1) is 23.6. The highest BCUT2D eigenvalue weighted by atomic mass is 16.5. The summed E-state index contributed by atoms with van der Waals surface area (Å²) < 4.78 is 7.13. The summed E-state index contributed by atoms with van der Waals surface area (Å²) in [5, 5.41) is 15.9. The smallest absolute Gasteiger partial charge is 0.238 e. The third-order valence-corrected chi connectivity index (χ3v) is 6.84. The van der Waals surface area contributed by atoms with E-state index < -0.39 is 0 Å². The number of likely N-dealkylation sites (tertiary alicyclic amines) is 1. The fraction of sp³-hybridized carbons (Fsp3) is 0.458. The van der Waals surface area contributed by atoms with Crippen LogP contribution in [0.1, 0.15) is 36.3 Å². The van der Waals surface area contributed by atoms with Gasteiger partial charge in [0.1, 0.15) is 6.17 Å². The van der Waals surface area contributed by atoms with Gasteiger partial charge >= 0.3 is 0 Å². The van der Waals surface area contributed by atoms with Gasteiger partial charge in [-0.15, -0.1) is 0 Å². The van der Waals surface area contributed by atoms with Crippen LogP contribution in [0, 0.1) is 6.92 Å². The normalized spacial score (nSPS) is 19.5. The van der Waals surface area contributed by atoms with E-state index in [4.69, 9.17) is 9.72 Å². The lowest BCUT2D eigenvalue weighted by Gasteiger charge is -2.25. The number of hydrogen-bond acceptors (Lipinski definition) is 11. The van der Waals surface area contributed by atoms with E-state index >= 15 is 0 Å². The number of hydrogen-bond donors (Lipinski definition) is 4. The molecule has 1 amide bonds. The Kier molecular flexibility index (Phi) is 6.32. The largest absolute Gasteiger partial charge is 0.377 e. The van der Waals surface area contributed by atoms with E-state index in [0.717, 1.165) is 54.4 Å². The predicted molar refractivity (Wildman–Crippen MR) is 139 cm³/mol. The second-order valence-corrected chi connectivity index (χ2v) is 9.65. The molecular weight excluding hydrogens is 474 g/mol. The topological polar surface area (TPSA) is 137 Å². The lowest BCUT2D eigenvalue weighted by molar-refractivity contribution is -0.117. The van der Waals surface area contributed by atoms with E-state index in [9.17, 15) is 4.79 Å². The number of carbonyl (C=O) groups excluding carboxylic acids is 1. The molecule has 4 N–H and O–H groups in total. The summed E-state index contributed by atoms with van der Waals surface area (Å²) in [5.74, 6) is 1.22. The quantitative estimate of drug-likeness (QED) is 0.356. The van der Waals surface area contributed by atoms with Crippen molar-refractivity contribution in [2.75, 3.05) is 60.9 Å². The van der Waals surface area contributed by atoms with E-state index in [2.05, 4.69) is 41.3 Å². The summed E-state index contributed by atoms with van der Waals surface area (Å²) in [5.41, 5.74) is 7.39. The Morgan fingerprint density at radius 3 is 2.78 bits per heavy atom. The van der Waals surface area contributed by atoms with Crippen LogP contribution in [0.5, 0.6) is 0 Å². The molecule has 6 heterocycles. The van der Waals surface area contributed by atoms with Crippen LogP contribution >= 0.6 is 0 Å². The molecule has 6 rings (SSSR count). The minimum Gasteiger partial charge on any atom is -0.377 e. The molecule has 2 saturated heterocycles. The van der Waals surface area contributed by atoms with Gasteiger partial charge in [-0.3, -0.25) is 24.4 Å². The van der Waals surface area contributed by atoms with E-state index in [0.29, 0.717) is 31.4 Å². The van der Waals surface area contributed by atoms with Crippen molar-refractivity contribution in [1.82, 2.24) is 35.1 Å². The number of hydrazine groups is 1. The molecule has 13 nitrogen and oxygen atoms in total. The van der Waals surface area contributed by atoms with Gasteiger partial charge in [0.25, 0.3) is 0 Å². The first-order chi connectivity index (χ1) is 18.0. The number of aromatic nitrogens is 5. The van der Waals surface area contributed by atoms with Gasteiger partial charge in [-0.25, -0.2) is 10.4 Å². The molecule has 0 aromatic carbocycles. The second kappa shape index (κ2) is 9.92. The third-order valence-electron chi connectivity index (χ3n) is 6.84. The summed E-state index contributed by atoms with van der Waals surface area (Å²) in [7, 11) is 1.91. The van der Waals surface area contributed by atoms with Crippen molar-refractivity contribution in [3.63, 3.8) is 0 Å². The zero-order valence-electron chi connectivity index (χ0n) is 20.9. The molecule has 37 heavy (non-hydrogen) atoms. The molecule has 3 aliphatic rings. The van der Waals surface area contributed by atoms with Crippen molar-refractivity contribution < 1.29 is 9.53 Å². The number of ether oxygens (including phenoxy) is 1. The fourth-order valence-electron chi connectivity index (χ4n) is 4.70. The van der Waals surface area contributed by atoms with Gasteiger partial charge in [-0.1, -0.05) is 0 Å². The van der Waals surface area contributed by atoms with Crippen LogP contribution in [0.15, 0.2) is 30.9 Å². The number of amides is 1. The number of nitrogens with one attached hydrogen (secondary N) is 4. The Morgan fingerprint density at radius 1 is 1.16 bits per heavy atom. The number of rotatable bonds is 8. The van der Waals surface area contributed by atoms with Crippen LogP contribution in [-0.2, 0) is 9.53 Å². The summed E-state index contributed by atoms with van der Waals surface area (Å²) in [6.07, 6.45) is 9.22. The van der Waals surface area contributed by atoms with Gasteiger partial charge in [0, 0.05) is 19.4 Å². The number of carbonyl (C=O) groups is 1. The Hall–Kier alpha value is -3.81. The molecule has 0 aliphatic carbocycles. The highest BCUT2D eigenvalue weighted by Crippen LogP contribution is 2.33. The molecule has 1 unspecified atom stereocenters. The zero-order chi connectivity index (χ0) is 25.4. The average Bonchev–Trinajstić information content (AvgIpc) is 3.57. The second-order valence-electron chi connectivity index (χ2n) is 9.65. The molecule has 0 radical (unpaired) electrons. The first-order valence-electron chi connectivity index (χ1n) is 12.5. The average molecular weight is 506 g/mol. The predicted octanol–water partition coefficient (Wildman–Crippen LogP) is 1.79. The van der Waals surface area contributed by atoms with Crippen LogP contribution in [0.4, 0.5) is 28.8 Å². The van der Waals surface area contributed by atoms with Gasteiger partial charge in [0.2, 0.25) is 11.9 Å². The van der Waals surface area contributed by atoms with Crippen LogP contribution < -0.4 is 26.4 Å². The fourth-order valence-corrected chi connectivity index (χ4v) is 4.70. The van der Waals surface area contributed by atoms with Gasteiger partial charge in [-0.2, -0.15) is 10.1 Å². The lowest BCUT2D eigenvalue weighted by Crippen LogP contribution is -2.34. The number of pyridine rings is 1. The van der Waals surface area contributed by atoms with Crippen LogP contribution in [0.25, 0.3) is 0 Å². The van der Waals surface area contributed by atoms with Crippen molar-refractivity contribution in [2.45, 2.75) is 32.0 Å². The molecule has 0 bridgehead atoms.